The minimum atomic E-state index is 0.477. The van der Waals surface area contributed by atoms with Gasteiger partial charge in [0.1, 0.15) is 17.4 Å². The Morgan fingerprint density at radius 2 is 1.80 bits per heavy atom. The number of aromatic nitrogens is 2. The normalized spacial score (nSPS) is 10.8. The summed E-state index contributed by atoms with van der Waals surface area (Å²) in [5.74, 6) is 2.98. The summed E-state index contributed by atoms with van der Waals surface area (Å²) in [4.78, 5) is 8.61. The molecule has 106 valence electrons. The zero-order valence-electron chi connectivity index (χ0n) is 12.5. The molecular formula is C16H21N3O. The van der Waals surface area contributed by atoms with Gasteiger partial charge in [0.15, 0.2) is 0 Å². The summed E-state index contributed by atoms with van der Waals surface area (Å²) < 4.78 is 5.84. The maximum Gasteiger partial charge on any atom is 0.227 e. The molecule has 4 nitrogen and oxygen atoms in total. The quantitative estimate of drug-likeness (QED) is 0.917. The third-order valence-electron chi connectivity index (χ3n) is 3.26. The van der Waals surface area contributed by atoms with E-state index in [4.69, 9.17) is 10.5 Å². The Morgan fingerprint density at radius 3 is 2.35 bits per heavy atom. The van der Waals surface area contributed by atoms with E-state index in [-0.39, 0.29) is 0 Å². The van der Waals surface area contributed by atoms with Gasteiger partial charge in [-0.05, 0) is 30.5 Å². The molecule has 1 aromatic carbocycles. The van der Waals surface area contributed by atoms with Gasteiger partial charge in [0, 0.05) is 6.42 Å². The van der Waals surface area contributed by atoms with Gasteiger partial charge < -0.3 is 10.5 Å². The second-order valence-electron chi connectivity index (χ2n) is 5.13. The Balaban J connectivity index is 2.27. The van der Waals surface area contributed by atoms with E-state index in [0.717, 1.165) is 17.7 Å². The summed E-state index contributed by atoms with van der Waals surface area (Å²) in [5, 5.41) is 0. The second-order valence-corrected chi connectivity index (χ2v) is 5.13. The highest BCUT2D eigenvalue weighted by molar-refractivity contribution is 5.46. The molecule has 2 N–H and O–H groups in total. The fraction of sp³-hybridized carbons (Fsp3) is 0.375. The largest absolute Gasteiger partial charge is 0.439 e. The summed E-state index contributed by atoms with van der Waals surface area (Å²) in [7, 11) is 0. The number of anilines is 1. The average Bonchev–Trinajstić information content (AvgIpc) is 2.44. The number of nitrogens with two attached hydrogens (primary N) is 1. The predicted molar refractivity (Wildman–Crippen MR) is 81.2 cm³/mol. The summed E-state index contributed by atoms with van der Waals surface area (Å²) in [6.45, 7) is 8.19. The Morgan fingerprint density at radius 1 is 1.15 bits per heavy atom. The van der Waals surface area contributed by atoms with Crippen LogP contribution in [-0.4, -0.2) is 9.97 Å². The van der Waals surface area contributed by atoms with Gasteiger partial charge in [0.05, 0.1) is 5.56 Å². The van der Waals surface area contributed by atoms with E-state index >= 15 is 0 Å². The highest BCUT2D eigenvalue weighted by atomic mass is 16.5. The lowest BCUT2D eigenvalue weighted by molar-refractivity contribution is 0.455. The van der Waals surface area contributed by atoms with Crippen molar-refractivity contribution in [3.05, 3.63) is 41.2 Å². The van der Waals surface area contributed by atoms with Crippen molar-refractivity contribution in [3.8, 4) is 11.6 Å². The number of ether oxygens (including phenoxy) is 1. The van der Waals surface area contributed by atoms with Crippen molar-refractivity contribution in [1.29, 1.82) is 0 Å². The first kappa shape index (κ1) is 14.3. The van der Waals surface area contributed by atoms with Crippen LogP contribution in [0.5, 0.6) is 11.6 Å². The molecule has 20 heavy (non-hydrogen) atoms. The van der Waals surface area contributed by atoms with Crippen LogP contribution in [0, 0.1) is 6.92 Å². The van der Waals surface area contributed by atoms with Crippen molar-refractivity contribution < 1.29 is 4.74 Å². The van der Waals surface area contributed by atoms with Gasteiger partial charge >= 0.3 is 0 Å². The minimum absolute atomic E-state index is 0.477. The Hall–Kier alpha value is -2.10. The molecule has 0 saturated heterocycles. The van der Waals surface area contributed by atoms with Crippen LogP contribution in [0.3, 0.4) is 0 Å². The van der Waals surface area contributed by atoms with E-state index < -0.39 is 0 Å². The predicted octanol–water partition coefficient (Wildman–Crippen LogP) is 3.85. The molecule has 2 aromatic rings. The third-order valence-corrected chi connectivity index (χ3v) is 3.26. The summed E-state index contributed by atoms with van der Waals surface area (Å²) >= 11 is 0. The summed E-state index contributed by atoms with van der Waals surface area (Å²) in [6.07, 6.45) is 0.729. The lowest BCUT2D eigenvalue weighted by atomic mass is 10.0. The Labute approximate surface area is 120 Å². The third kappa shape index (κ3) is 3.07. The van der Waals surface area contributed by atoms with Crippen LogP contribution in [0.4, 0.5) is 5.82 Å². The van der Waals surface area contributed by atoms with Crippen LogP contribution in [0.1, 0.15) is 43.6 Å². The SMILES string of the molecule is CCc1nc(N)c(C)c(Oc2ccc(C(C)C)cc2)n1. The molecule has 0 aliphatic rings. The number of nitrogens with zero attached hydrogens (tertiary/aromatic N) is 2. The number of rotatable bonds is 4. The van der Waals surface area contributed by atoms with Gasteiger partial charge in [0.25, 0.3) is 0 Å². The van der Waals surface area contributed by atoms with Crippen LogP contribution in [0.15, 0.2) is 24.3 Å². The van der Waals surface area contributed by atoms with Gasteiger partial charge in [-0.3, -0.25) is 0 Å². The Bertz CT molecular complexity index is 591. The van der Waals surface area contributed by atoms with E-state index in [0.29, 0.717) is 23.4 Å². The molecule has 0 aliphatic carbocycles. The van der Waals surface area contributed by atoms with Crippen LogP contribution in [0.25, 0.3) is 0 Å². The number of nitrogen functional groups attached to an aromatic ring is 1. The van der Waals surface area contributed by atoms with Crippen molar-refractivity contribution in [2.45, 2.75) is 40.0 Å². The van der Waals surface area contributed by atoms with Crippen molar-refractivity contribution >= 4 is 5.82 Å². The molecule has 0 saturated carbocycles. The molecular weight excluding hydrogens is 250 g/mol. The molecule has 2 rings (SSSR count). The molecule has 0 spiro atoms. The number of hydrogen-bond acceptors (Lipinski definition) is 4. The van der Waals surface area contributed by atoms with Crippen molar-refractivity contribution in [3.63, 3.8) is 0 Å². The van der Waals surface area contributed by atoms with Gasteiger partial charge in [-0.2, -0.15) is 4.98 Å². The zero-order chi connectivity index (χ0) is 14.7. The van der Waals surface area contributed by atoms with Crippen molar-refractivity contribution in [2.75, 3.05) is 5.73 Å². The molecule has 1 aromatic heterocycles. The van der Waals surface area contributed by atoms with Crippen molar-refractivity contribution in [1.82, 2.24) is 9.97 Å². The fourth-order valence-corrected chi connectivity index (χ4v) is 1.85. The molecule has 0 fully saturated rings. The Kier molecular flexibility index (Phi) is 4.23. The number of benzene rings is 1. The van der Waals surface area contributed by atoms with Gasteiger partial charge in [-0.1, -0.05) is 32.9 Å². The van der Waals surface area contributed by atoms with E-state index in [9.17, 15) is 0 Å². The number of hydrogen-bond donors (Lipinski definition) is 1. The topological polar surface area (TPSA) is 61.0 Å². The van der Waals surface area contributed by atoms with Crippen LogP contribution in [-0.2, 0) is 6.42 Å². The van der Waals surface area contributed by atoms with Crippen LogP contribution < -0.4 is 10.5 Å². The monoisotopic (exact) mass is 271 g/mol. The van der Waals surface area contributed by atoms with Gasteiger partial charge in [-0.25, -0.2) is 4.98 Å². The highest BCUT2D eigenvalue weighted by Gasteiger charge is 2.10. The molecule has 1 heterocycles. The standard InChI is InChI=1S/C16H21N3O/c1-5-14-18-15(17)11(4)16(19-14)20-13-8-6-12(7-9-13)10(2)3/h6-10H,5H2,1-4H3,(H2,17,18,19). The molecule has 0 atom stereocenters. The molecule has 0 bridgehead atoms. The first-order valence-electron chi connectivity index (χ1n) is 6.92. The van der Waals surface area contributed by atoms with Crippen molar-refractivity contribution in [2.24, 2.45) is 0 Å². The second kappa shape index (κ2) is 5.90. The highest BCUT2D eigenvalue weighted by Crippen LogP contribution is 2.27. The van der Waals surface area contributed by atoms with Gasteiger partial charge in [-0.15, -0.1) is 0 Å². The molecule has 0 radical (unpaired) electrons. The zero-order valence-corrected chi connectivity index (χ0v) is 12.5. The first-order valence-corrected chi connectivity index (χ1v) is 6.92. The van der Waals surface area contributed by atoms with E-state index in [2.05, 4.69) is 35.9 Å². The maximum absolute atomic E-state index is 5.88. The summed E-state index contributed by atoms with van der Waals surface area (Å²) in [6, 6.07) is 8.05. The molecule has 0 unspecified atom stereocenters. The van der Waals surface area contributed by atoms with E-state index in [1.54, 1.807) is 0 Å². The fourth-order valence-electron chi connectivity index (χ4n) is 1.85. The van der Waals surface area contributed by atoms with E-state index in [1.807, 2.05) is 26.0 Å². The first-order chi connectivity index (χ1) is 9.51. The average molecular weight is 271 g/mol. The molecule has 0 amide bonds. The smallest absolute Gasteiger partial charge is 0.227 e. The maximum atomic E-state index is 5.88. The molecule has 0 aliphatic heterocycles. The van der Waals surface area contributed by atoms with Gasteiger partial charge in [0.2, 0.25) is 5.88 Å². The van der Waals surface area contributed by atoms with Crippen LogP contribution >= 0.6 is 0 Å². The lowest BCUT2D eigenvalue weighted by Gasteiger charge is -2.11. The van der Waals surface area contributed by atoms with Crippen LogP contribution in [0.2, 0.25) is 0 Å². The molecule has 4 heteroatoms. The number of aryl methyl sites for hydroxylation is 1. The minimum Gasteiger partial charge on any atom is -0.439 e. The summed E-state index contributed by atoms with van der Waals surface area (Å²) in [5.41, 5.74) is 7.94. The van der Waals surface area contributed by atoms with E-state index in [1.165, 1.54) is 5.56 Å². The lowest BCUT2D eigenvalue weighted by Crippen LogP contribution is -2.04.